The number of aliphatic imine (C=N–C) groups is 1. The largest absolute Gasteiger partial charge is 0.480 e. The van der Waals surface area contributed by atoms with Crippen LogP contribution in [-0.2, 0) is 30.4 Å². The maximum Gasteiger partial charge on any atom is 0.326 e. The minimum absolute atomic E-state index is 0.00828. The molecule has 0 radical (unpaired) electrons. The van der Waals surface area contributed by atoms with Gasteiger partial charge in [0.05, 0.1) is 6.04 Å². The van der Waals surface area contributed by atoms with E-state index >= 15 is 0 Å². The smallest absolute Gasteiger partial charge is 0.326 e. The second-order valence-corrected chi connectivity index (χ2v) is 10.9. The number of rotatable bonds is 19. The third-order valence-corrected chi connectivity index (χ3v) is 7.22. The second-order valence-electron chi connectivity index (χ2n) is 9.93. The van der Waals surface area contributed by atoms with Gasteiger partial charge in [-0.05, 0) is 49.3 Å². The molecule has 13 N–H and O–H groups in total. The monoisotopic (exact) mass is 619 g/mol. The van der Waals surface area contributed by atoms with Gasteiger partial charge in [-0.3, -0.25) is 24.2 Å². The van der Waals surface area contributed by atoms with E-state index in [0.29, 0.717) is 17.7 Å². The number of guanidine groups is 1. The Morgan fingerprint density at radius 3 is 2.23 bits per heavy atom. The molecule has 0 spiro atoms. The molecule has 0 aliphatic heterocycles. The van der Waals surface area contributed by atoms with Crippen LogP contribution in [-0.4, -0.2) is 88.4 Å². The van der Waals surface area contributed by atoms with Crippen molar-refractivity contribution < 1.29 is 29.1 Å². The highest BCUT2D eigenvalue weighted by Gasteiger charge is 2.31. The number of aliphatic carboxylic acids is 1. The van der Waals surface area contributed by atoms with Crippen molar-refractivity contribution >= 4 is 58.2 Å². The summed E-state index contributed by atoms with van der Waals surface area (Å²) in [5.41, 5.74) is 23.3. The van der Waals surface area contributed by atoms with E-state index in [-0.39, 0.29) is 44.6 Å². The first-order chi connectivity index (χ1) is 20.4. The molecule has 1 aromatic carbocycles. The molecule has 2 rings (SSSR count). The summed E-state index contributed by atoms with van der Waals surface area (Å²) in [4.78, 5) is 70.0. The maximum atomic E-state index is 13.5. The number of hydrogen-bond donors (Lipinski definition) is 9. The van der Waals surface area contributed by atoms with Crippen molar-refractivity contribution in [1.82, 2.24) is 20.9 Å². The first-order valence-corrected chi connectivity index (χ1v) is 15.1. The highest BCUT2D eigenvalue weighted by molar-refractivity contribution is 7.98. The molecule has 0 saturated heterocycles. The van der Waals surface area contributed by atoms with Crippen molar-refractivity contribution in [3.05, 3.63) is 36.0 Å². The van der Waals surface area contributed by atoms with Crippen molar-refractivity contribution in [3.63, 3.8) is 0 Å². The molecule has 0 aliphatic carbocycles. The van der Waals surface area contributed by atoms with Crippen molar-refractivity contribution in [2.45, 2.75) is 62.7 Å². The summed E-state index contributed by atoms with van der Waals surface area (Å²) in [5, 5.41) is 18.2. The zero-order valence-corrected chi connectivity index (χ0v) is 24.8. The number of carboxylic acids is 1. The fourth-order valence-electron chi connectivity index (χ4n) is 4.25. The molecule has 1 heterocycles. The van der Waals surface area contributed by atoms with Crippen molar-refractivity contribution in [2.75, 3.05) is 18.6 Å². The summed E-state index contributed by atoms with van der Waals surface area (Å²) in [6, 6.07) is 2.69. The summed E-state index contributed by atoms with van der Waals surface area (Å²) < 4.78 is 0. The molecule has 2 aromatic rings. The molecular formula is C27H41N9O6S. The fraction of sp³-hybridized carbons (Fsp3) is 0.481. The molecule has 236 valence electrons. The molecule has 1 aromatic heterocycles. The number of benzene rings is 1. The quantitative estimate of drug-likeness (QED) is 0.0506. The van der Waals surface area contributed by atoms with Gasteiger partial charge in [-0.25, -0.2) is 4.79 Å². The number of carbonyl (C=O) groups excluding carboxylic acids is 4. The van der Waals surface area contributed by atoms with Gasteiger partial charge in [0.2, 0.25) is 23.6 Å². The van der Waals surface area contributed by atoms with Crippen molar-refractivity contribution in [1.29, 1.82) is 0 Å². The Hall–Kier alpha value is -4.31. The number of carboxylic acid groups (broad SMARTS) is 1. The van der Waals surface area contributed by atoms with Crippen LogP contribution < -0.4 is 38.9 Å². The Morgan fingerprint density at radius 1 is 0.930 bits per heavy atom. The number of nitrogens with one attached hydrogen (secondary N) is 4. The molecule has 0 aliphatic rings. The summed E-state index contributed by atoms with van der Waals surface area (Å²) in [6.45, 7) is 0.164. The number of amides is 4. The van der Waals surface area contributed by atoms with Crippen LogP contribution in [0.15, 0.2) is 35.5 Å². The third-order valence-electron chi connectivity index (χ3n) is 6.57. The molecule has 0 fully saturated rings. The normalized spacial score (nSPS) is 13.7. The van der Waals surface area contributed by atoms with Gasteiger partial charge in [0.1, 0.15) is 18.1 Å². The predicted molar refractivity (Wildman–Crippen MR) is 165 cm³/mol. The van der Waals surface area contributed by atoms with E-state index in [1.165, 1.54) is 11.8 Å². The van der Waals surface area contributed by atoms with Gasteiger partial charge >= 0.3 is 5.97 Å². The van der Waals surface area contributed by atoms with E-state index in [1.54, 1.807) is 6.20 Å². The number of aromatic nitrogens is 1. The Balaban J connectivity index is 2.30. The van der Waals surface area contributed by atoms with Crippen LogP contribution in [0.4, 0.5) is 0 Å². The molecule has 15 nitrogen and oxygen atoms in total. The van der Waals surface area contributed by atoms with Gasteiger partial charge in [-0.15, -0.1) is 0 Å². The summed E-state index contributed by atoms with van der Waals surface area (Å²) in [6.07, 6.45) is 3.86. The first kappa shape index (κ1) is 34.9. The first-order valence-electron chi connectivity index (χ1n) is 13.7. The summed E-state index contributed by atoms with van der Waals surface area (Å²) >= 11 is 1.51. The second kappa shape index (κ2) is 17.6. The number of nitrogens with zero attached hydrogens (tertiary/aromatic N) is 1. The minimum Gasteiger partial charge on any atom is -0.480 e. The van der Waals surface area contributed by atoms with Crippen molar-refractivity contribution in [2.24, 2.45) is 27.9 Å². The number of primary amides is 1. The number of aromatic amines is 1. The maximum absolute atomic E-state index is 13.5. The molecule has 43 heavy (non-hydrogen) atoms. The minimum atomic E-state index is -1.29. The molecule has 0 bridgehead atoms. The lowest BCUT2D eigenvalue weighted by molar-refractivity contribution is -0.142. The van der Waals surface area contributed by atoms with Crippen LogP contribution in [0.3, 0.4) is 0 Å². The number of fused-ring (bicyclic) bond motifs is 1. The highest BCUT2D eigenvalue weighted by atomic mass is 32.2. The van der Waals surface area contributed by atoms with Gasteiger partial charge in [0.25, 0.3) is 0 Å². The van der Waals surface area contributed by atoms with Gasteiger partial charge < -0.3 is 49.0 Å². The van der Waals surface area contributed by atoms with Gasteiger partial charge in [0.15, 0.2) is 5.96 Å². The Morgan fingerprint density at radius 2 is 1.58 bits per heavy atom. The lowest BCUT2D eigenvalue weighted by Gasteiger charge is -2.25. The van der Waals surface area contributed by atoms with E-state index in [9.17, 15) is 29.1 Å². The van der Waals surface area contributed by atoms with E-state index in [4.69, 9.17) is 22.9 Å². The number of H-pyrrole nitrogens is 1. The zero-order chi connectivity index (χ0) is 31.9. The molecule has 4 unspecified atom stereocenters. The zero-order valence-electron chi connectivity index (χ0n) is 24.0. The van der Waals surface area contributed by atoms with Crippen LogP contribution in [0.1, 0.15) is 37.7 Å². The SMILES string of the molecule is CSCCC(N)C(=O)NC(CCC(N)=O)C(=O)NC(Cc1c[nH]c2ccccc12)C(=O)NC(CCCN=C(N)N)C(=O)O. The Bertz CT molecular complexity index is 1300. The average Bonchev–Trinajstić information content (AvgIpc) is 3.37. The number of para-hydroxylation sites is 1. The van der Waals surface area contributed by atoms with E-state index < -0.39 is 53.8 Å². The molecule has 4 atom stereocenters. The predicted octanol–water partition coefficient (Wildman–Crippen LogP) is -1.35. The number of nitrogens with two attached hydrogens (primary N) is 4. The number of carbonyl (C=O) groups is 5. The van der Waals surface area contributed by atoms with Crippen LogP contribution in [0.5, 0.6) is 0 Å². The van der Waals surface area contributed by atoms with E-state index in [2.05, 4.69) is 25.9 Å². The van der Waals surface area contributed by atoms with E-state index in [1.807, 2.05) is 30.5 Å². The fourth-order valence-corrected chi connectivity index (χ4v) is 4.73. The summed E-state index contributed by atoms with van der Waals surface area (Å²) in [5.74, 6) is -3.59. The molecule has 0 saturated carbocycles. The average molecular weight is 620 g/mol. The number of hydrogen-bond acceptors (Lipinski definition) is 8. The molecule has 16 heteroatoms. The topological polar surface area (TPSA) is 274 Å². The Kier molecular flexibility index (Phi) is 14.3. The standard InChI is InChI=1S/C27H41N9O6S/c1-43-12-10-17(28)23(38)34-19(8-9-22(29)37)24(39)36-21(13-15-14-33-18-6-3-2-5-16(15)18)25(40)35-20(26(41)42)7-4-11-32-27(30)31/h2-3,5-6,14,17,19-21,33H,4,7-13,28H2,1H3,(H2,29,37)(H,34,38)(H,35,40)(H,36,39)(H,41,42)(H4,30,31,32). The molecule has 4 amide bonds. The van der Waals surface area contributed by atoms with E-state index in [0.717, 1.165) is 10.9 Å². The Labute approximate surface area is 253 Å². The van der Waals surface area contributed by atoms with Crippen molar-refractivity contribution in [3.8, 4) is 0 Å². The highest BCUT2D eigenvalue weighted by Crippen LogP contribution is 2.19. The third kappa shape index (κ3) is 11.8. The van der Waals surface area contributed by atoms with Crippen LogP contribution in [0, 0.1) is 0 Å². The number of thioether (sulfide) groups is 1. The van der Waals surface area contributed by atoms with Crippen LogP contribution in [0.2, 0.25) is 0 Å². The van der Waals surface area contributed by atoms with Crippen LogP contribution in [0.25, 0.3) is 10.9 Å². The summed E-state index contributed by atoms with van der Waals surface area (Å²) in [7, 11) is 0. The van der Waals surface area contributed by atoms with Crippen LogP contribution >= 0.6 is 11.8 Å². The van der Waals surface area contributed by atoms with Gasteiger partial charge in [-0.2, -0.15) is 11.8 Å². The molecular weight excluding hydrogens is 578 g/mol. The van der Waals surface area contributed by atoms with Gasteiger partial charge in [-0.1, -0.05) is 18.2 Å². The lowest BCUT2D eigenvalue weighted by Crippen LogP contribution is -2.57. The van der Waals surface area contributed by atoms with Gasteiger partial charge in [0, 0.05) is 36.5 Å². The lowest BCUT2D eigenvalue weighted by atomic mass is 10.0.